The summed E-state index contributed by atoms with van der Waals surface area (Å²) in [4.78, 5) is 3.63. The van der Waals surface area contributed by atoms with Crippen LogP contribution in [0.2, 0.25) is 0 Å². The van der Waals surface area contributed by atoms with Gasteiger partial charge in [-0.15, -0.1) is 11.3 Å². The van der Waals surface area contributed by atoms with Crippen LogP contribution in [0.15, 0.2) is 23.6 Å². The van der Waals surface area contributed by atoms with Gasteiger partial charge in [0.05, 0.1) is 16.8 Å². The zero-order valence-electron chi connectivity index (χ0n) is 11.2. The predicted octanol–water partition coefficient (Wildman–Crippen LogP) is 3.46. The number of benzene rings is 1. The van der Waals surface area contributed by atoms with E-state index < -0.39 is 39.3 Å². The first-order valence-corrected chi connectivity index (χ1v) is 8.24. The van der Waals surface area contributed by atoms with E-state index in [0.717, 1.165) is 5.38 Å². The Morgan fingerprint density at radius 1 is 1.00 bits per heavy atom. The molecule has 0 aliphatic heterocycles. The SMILES string of the molecule is NS(=O)(=O)Nc1nc(-c2cc(C(F)(F)F)cc(C(F)(F)F)c2)cs1. The molecule has 0 aliphatic carbocycles. The standard InChI is InChI=1S/C11H7F6N3O2S2/c12-10(13,14)6-1-5(2-7(3-6)11(15,16)17)8-4-23-9(19-8)20-24(18,21)22/h1-4H,(H,19,20)(H2,18,21,22). The van der Waals surface area contributed by atoms with Crippen molar-refractivity contribution in [1.29, 1.82) is 0 Å². The molecule has 0 amide bonds. The van der Waals surface area contributed by atoms with Crippen LogP contribution >= 0.6 is 11.3 Å². The van der Waals surface area contributed by atoms with Crippen LogP contribution in [0.25, 0.3) is 11.3 Å². The summed E-state index contributed by atoms with van der Waals surface area (Å²) in [5.74, 6) is 0. The molecule has 5 nitrogen and oxygen atoms in total. The van der Waals surface area contributed by atoms with Crippen molar-refractivity contribution in [1.82, 2.24) is 4.98 Å². The van der Waals surface area contributed by atoms with Crippen LogP contribution in [0.4, 0.5) is 31.5 Å². The van der Waals surface area contributed by atoms with E-state index in [2.05, 4.69) is 4.98 Å². The molecule has 0 spiro atoms. The Morgan fingerprint density at radius 3 is 1.92 bits per heavy atom. The molecule has 2 rings (SSSR count). The molecule has 0 unspecified atom stereocenters. The lowest BCUT2D eigenvalue weighted by Crippen LogP contribution is -2.21. The molecule has 0 saturated carbocycles. The molecule has 24 heavy (non-hydrogen) atoms. The Bertz CT molecular complexity index is 825. The van der Waals surface area contributed by atoms with E-state index in [1.807, 2.05) is 0 Å². The summed E-state index contributed by atoms with van der Waals surface area (Å²) in [6.45, 7) is 0. The minimum Gasteiger partial charge on any atom is -0.246 e. The van der Waals surface area contributed by atoms with Gasteiger partial charge < -0.3 is 0 Å². The number of nitrogens with one attached hydrogen (secondary N) is 1. The van der Waals surface area contributed by atoms with Gasteiger partial charge in [0.25, 0.3) is 10.2 Å². The third-order valence-electron chi connectivity index (χ3n) is 2.62. The molecule has 2 aromatic rings. The molecule has 132 valence electrons. The van der Waals surface area contributed by atoms with Gasteiger partial charge in [0.1, 0.15) is 0 Å². The van der Waals surface area contributed by atoms with Crippen LogP contribution in [0.5, 0.6) is 0 Å². The van der Waals surface area contributed by atoms with Gasteiger partial charge in [0, 0.05) is 10.9 Å². The Kier molecular flexibility index (Phi) is 4.54. The number of hydrogen-bond acceptors (Lipinski definition) is 4. The topological polar surface area (TPSA) is 85.1 Å². The molecule has 1 aromatic carbocycles. The van der Waals surface area contributed by atoms with Gasteiger partial charge >= 0.3 is 12.4 Å². The smallest absolute Gasteiger partial charge is 0.246 e. The van der Waals surface area contributed by atoms with E-state index >= 15 is 0 Å². The highest BCUT2D eigenvalue weighted by Crippen LogP contribution is 2.39. The number of hydrogen-bond donors (Lipinski definition) is 2. The van der Waals surface area contributed by atoms with E-state index in [9.17, 15) is 34.8 Å². The van der Waals surface area contributed by atoms with Crippen molar-refractivity contribution in [3.05, 3.63) is 34.7 Å². The fraction of sp³-hybridized carbons (Fsp3) is 0.182. The maximum absolute atomic E-state index is 12.8. The molecule has 1 heterocycles. The number of rotatable bonds is 3. The lowest BCUT2D eigenvalue weighted by Gasteiger charge is -2.13. The summed E-state index contributed by atoms with van der Waals surface area (Å²) in [6, 6.07) is 0.968. The van der Waals surface area contributed by atoms with Crippen LogP contribution in [0.3, 0.4) is 0 Å². The van der Waals surface area contributed by atoms with E-state index in [1.165, 1.54) is 0 Å². The number of anilines is 1. The lowest BCUT2D eigenvalue weighted by atomic mass is 10.0. The Labute approximate surface area is 135 Å². The first kappa shape index (κ1) is 18.5. The Hall–Kier alpha value is -1.86. The highest BCUT2D eigenvalue weighted by atomic mass is 32.2. The molecule has 0 saturated heterocycles. The van der Waals surface area contributed by atoms with Gasteiger partial charge in [-0.05, 0) is 18.2 Å². The highest BCUT2D eigenvalue weighted by molar-refractivity contribution is 7.90. The monoisotopic (exact) mass is 391 g/mol. The summed E-state index contributed by atoms with van der Waals surface area (Å²) >= 11 is 0.654. The predicted molar refractivity (Wildman–Crippen MR) is 74.3 cm³/mol. The lowest BCUT2D eigenvalue weighted by molar-refractivity contribution is -0.143. The molecular formula is C11H7F6N3O2S2. The van der Waals surface area contributed by atoms with Crippen molar-refractivity contribution in [3.8, 4) is 11.3 Å². The van der Waals surface area contributed by atoms with E-state index in [0.29, 0.717) is 23.5 Å². The summed E-state index contributed by atoms with van der Waals surface area (Å²) in [6.07, 6.45) is -9.98. The van der Waals surface area contributed by atoms with Crippen molar-refractivity contribution in [2.45, 2.75) is 12.4 Å². The van der Waals surface area contributed by atoms with Crippen LogP contribution in [0, 0.1) is 0 Å². The van der Waals surface area contributed by atoms with Crippen LogP contribution in [-0.4, -0.2) is 13.4 Å². The maximum Gasteiger partial charge on any atom is 0.416 e. The molecule has 0 bridgehead atoms. The second-order valence-electron chi connectivity index (χ2n) is 4.48. The first-order chi connectivity index (χ1) is 10.8. The van der Waals surface area contributed by atoms with Gasteiger partial charge in [0.15, 0.2) is 5.13 Å². The minimum absolute atomic E-state index is 0.0145. The summed E-state index contributed by atoms with van der Waals surface area (Å²) < 4.78 is 100. The van der Waals surface area contributed by atoms with Gasteiger partial charge in [-0.1, -0.05) is 0 Å². The number of nitrogens with two attached hydrogens (primary N) is 1. The molecule has 0 aliphatic rings. The van der Waals surface area contributed by atoms with Crippen molar-refractivity contribution < 1.29 is 34.8 Å². The summed E-state index contributed by atoms with van der Waals surface area (Å²) in [5.41, 5.74) is -3.72. The quantitative estimate of drug-likeness (QED) is 0.786. The third kappa shape index (κ3) is 4.58. The normalized spacial score (nSPS) is 13.1. The molecule has 0 atom stereocenters. The molecule has 3 N–H and O–H groups in total. The van der Waals surface area contributed by atoms with Gasteiger partial charge in [-0.2, -0.15) is 34.8 Å². The van der Waals surface area contributed by atoms with E-state index in [1.54, 1.807) is 4.72 Å². The Balaban J connectivity index is 2.54. The number of nitrogens with zero attached hydrogens (tertiary/aromatic N) is 1. The fourth-order valence-electron chi connectivity index (χ4n) is 1.68. The average Bonchev–Trinajstić information content (AvgIpc) is 2.82. The van der Waals surface area contributed by atoms with Crippen molar-refractivity contribution >= 4 is 26.7 Å². The first-order valence-electron chi connectivity index (χ1n) is 5.81. The molecular weight excluding hydrogens is 384 g/mol. The third-order valence-corrected chi connectivity index (χ3v) is 3.98. The van der Waals surface area contributed by atoms with E-state index in [-0.39, 0.29) is 16.9 Å². The fourth-order valence-corrected chi connectivity index (χ4v) is 3.07. The number of thiazole rings is 1. The summed E-state index contributed by atoms with van der Waals surface area (Å²) in [7, 11) is -4.17. The van der Waals surface area contributed by atoms with E-state index in [4.69, 9.17) is 5.14 Å². The van der Waals surface area contributed by atoms with Crippen molar-refractivity contribution in [3.63, 3.8) is 0 Å². The number of alkyl halides is 6. The van der Waals surface area contributed by atoms with Crippen molar-refractivity contribution in [2.75, 3.05) is 4.72 Å². The largest absolute Gasteiger partial charge is 0.416 e. The molecule has 0 fully saturated rings. The van der Waals surface area contributed by atoms with Gasteiger partial charge in [-0.25, -0.2) is 14.8 Å². The minimum atomic E-state index is -4.99. The molecule has 0 radical (unpaired) electrons. The average molecular weight is 391 g/mol. The zero-order chi connectivity index (χ0) is 18.3. The van der Waals surface area contributed by atoms with Crippen LogP contribution in [0.1, 0.15) is 11.1 Å². The second kappa shape index (κ2) is 5.89. The van der Waals surface area contributed by atoms with Crippen LogP contribution < -0.4 is 9.86 Å². The molecule has 1 aromatic heterocycles. The van der Waals surface area contributed by atoms with Gasteiger partial charge in [-0.3, -0.25) is 0 Å². The number of aromatic nitrogens is 1. The van der Waals surface area contributed by atoms with Gasteiger partial charge in [0.2, 0.25) is 0 Å². The highest BCUT2D eigenvalue weighted by Gasteiger charge is 2.37. The zero-order valence-corrected chi connectivity index (χ0v) is 12.9. The Morgan fingerprint density at radius 2 is 1.50 bits per heavy atom. The van der Waals surface area contributed by atoms with Crippen molar-refractivity contribution in [2.24, 2.45) is 5.14 Å². The molecule has 13 heteroatoms. The van der Waals surface area contributed by atoms with Crippen LogP contribution in [-0.2, 0) is 22.6 Å². The second-order valence-corrected chi connectivity index (χ2v) is 6.63. The number of halogens is 6. The summed E-state index contributed by atoms with van der Waals surface area (Å²) in [5, 5.41) is 5.52. The maximum atomic E-state index is 12.8.